The van der Waals surface area contributed by atoms with Crippen LogP contribution in [0.5, 0.6) is 5.75 Å². The maximum atomic E-state index is 13.2. The number of benzene rings is 2. The van der Waals surface area contributed by atoms with E-state index in [1.807, 2.05) is 43.3 Å². The highest BCUT2D eigenvalue weighted by Gasteiger charge is 2.18. The van der Waals surface area contributed by atoms with Crippen LogP contribution >= 0.6 is 0 Å². The fourth-order valence-corrected chi connectivity index (χ4v) is 3.33. The molecule has 0 aliphatic heterocycles. The first-order valence-corrected chi connectivity index (χ1v) is 9.11. The summed E-state index contributed by atoms with van der Waals surface area (Å²) in [5.74, 6) is 0.651. The van der Waals surface area contributed by atoms with Crippen molar-refractivity contribution >= 4 is 10.9 Å². The van der Waals surface area contributed by atoms with Gasteiger partial charge in [0.1, 0.15) is 5.75 Å². The second-order valence-corrected chi connectivity index (χ2v) is 6.41. The first-order chi connectivity index (χ1) is 13.1. The molecule has 0 amide bonds. The normalized spacial score (nSPS) is 11.1. The zero-order valence-corrected chi connectivity index (χ0v) is 15.6. The fourth-order valence-electron chi connectivity index (χ4n) is 3.33. The first kappa shape index (κ1) is 18.9. The molecule has 3 rings (SSSR count). The summed E-state index contributed by atoms with van der Waals surface area (Å²) >= 11 is 0. The van der Waals surface area contributed by atoms with Crippen molar-refractivity contribution < 1.29 is 9.84 Å². The van der Waals surface area contributed by atoms with Crippen LogP contribution in [0.3, 0.4) is 0 Å². The standard InChI is InChI=1S/C21H24N2O4/c1-3-27-18-11-10-17-19(16(18)14-15-8-5-4-6-9-15)20(25)23(12-7-13-24)21(26)22(17)2/h4-6,8-11,24H,3,7,12-14H2,1-2H3. The molecule has 6 heteroatoms. The number of hydrogen-bond donors (Lipinski definition) is 1. The van der Waals surface area contributed by atoms with Crippen LogP contribution in [0.15, 0.2) is 52.1 Å². The summed E-state index contributed by atoms with van der Waals surface area (Å²) in [6.45, 7) is 2.49. The Morgan fingerprint density at radius 1 is 1.07 bits per heavy atom. The van der Waals surface area contributed by atoms with Gasteiger partial charge in [-0.3, -0.25) is 13.9 Å². The van der Waals surface area contributed by atoms with Crippen LogP contribution in [-0.4, -0.2) is 27.5 Å². The molecule has 0 saturated carbocycles. The highest BCUT2D eigenvalue weighted by molar-refractivity contribution is 5.84. The summed E-state index contributed by atoms with van der Waals surface area (Å²) in [6.07, 6.45) is 0.876. The van der Waals surface area contributed by atoms with Gasteiger partial charge in [-0.1, -0.05) is 30.3 Å². The zero-order valence-electron chi connectivity index (χ0n) is 15.6. The third kappa shape index (κ3) is 3.66. The predicted molar refractivity (Wildman–Crippen MR) is 106 cm³/mol. The minimum Gasteiger partial charge on any atom is -0.494 e. The molecular weight excluding hydrogens is 344 g/mol. The highest BCUT2D eigenvalue weighted by Crippen LogP contribution is 2.28. The molecule has 0 fully saturated rings. The number of nitrogens with zero attached hydrogens (tertiary/aromatic N) is 2. The Morgan fingerprint density at radius 2 is 1.81 bits per heavy atom. The Hall–Kier alpha value is -2.86. The van der Waals surface area contributed by atoms with Crippen molar-refractivity contribution in [1.82, 2.24) is 9.13 Å². The van der Waals surface area contributed by atoms with Gasteiger partial charge in [-0.15, -0.1) is 0 Å². The second kappa shape index (κ2) is 8.22. The molecule has 0 radical (unpaired) electrons. The van der Waals surface area contributed by atoms with E-state index in [9.17, 15) is 9.59 Å². The molecule has 1 heterocycles. The molecule has 0 aliphatic rings. The molecule has 27 heavy (non-hydrogen) atoms. The van der Waals surface area contributed by atoms with Crippen LogP contribution in [0, 0.1) is 0 Å². The monoisotopic (exact) mass is 368 g/mol. The summed E-state index contributed by atoms with van der Waals surface area (Å²) in [4.78, 5) is 25.8. The highest BCUT2D eigenvalue weighted by atomic mass is 16.5. The van der Waals surface area contributed by atoms with Gasteiger partial charge in [0.2, 0.25) is 0 Å². The molecule has 0 saturated heterocycles. The lowest BCUT2D eigenvalue weighted by atomic mass is 10.00. The van der Waals surface area contributed by atoms with Crippen LogP contribution in [0.25, 0.3) is 10.9 Å². The molecule has 0 atom stereocenters. The van der Waals surface area contributed by atoms with Crippen molar-refractivity contribution in [2.24, 2.45) is 7.05 Å². The van der Waals surface area contributed by atoms with Crippen molar-refractivity contribution in [3.05, 3.63) is 74.4 Å². The lowest BCUT2D eigenvalue weighted by Gasteiger charge is -2.16. The summed E-state index contributed by atoms with van der Waals surface area (Å²) in [6, 6.07) is 13.4. The van der Waals surface area contributed by atoms with E-state index < -0.39 is 0 Å². The molecule has 1 aromatic heterocycles. The van der Waals surface area contributed by atoms with E-state index in [0.717, 1.165) is 11.1 Å². The van der Waals surface area contributed by atoms with Crippen LogP contribution in [0.4, 0.5) is 0 Å². The summed E-state index contributed by atoms with van der Waals surface area (Å²) in [5.41, 5.74) is 1.70. The van der Waals surface area contributed by atoms with Crippen LogP contribution in [-0.2, 0) is 20.0 Å². The molecule has 0 spiro atoms. The van der Waals surface area contributed by atoms with Gasteiger partial charge < -0.3 is 9.84 Å². The van der Waals surface area contributed by atoms with Crippen LogP contribution < -0.4 is 16.0 Å². The van der Waals surface area contributed by atoms with E-state index in [2.05, 4.69) is 0 Å². The van der Waals surface area contributed by atoms with E-state index in [-0.39, 0.29) is 24.4 Å². The number of rotatable bonds is 7. The van der Waals surface area contributed by atoms with Gasteiger partial charge in [-0.25, -0.2) is 4.79 Å². The topological polar surface area (TPSA) is 73.5 Å². The average molecular weight is 368 g/mol. The van der Waals surface area contributed by atoms with Crippen LogP contribution in [0.2, 0.25) is 0 Å². The van der Waals surface area contributed by atoms with Crippen molar-refractivity contribution in [2.75, 3.05) is 13.2 Å². The number of hydrogen-bond acceptors (Lipinski definition) is 4. The van der Waals surface area contributed by atoms with E-state index >= 15 is 0 Å². The molecule has 1 N–H and O–H groups in total. The molecule has 0 unspecified atom stereocenters. The number of aliphatic hydroxyl groups excluding tert-OH is 1. The quantitative estimate of drug-likeness (QED) is 0.693. The summed E-state index contributed by atoms with van der Waals surface area (Å²) in [5, 5.41) is 9.60. The van der Waals surface area contributed by atoms with Gasteiger partial charge in [0.05, 0.1) is 17.5 Å². The molecule has 6 nitrogen and oxygen atoms in total. The number of ether oxygens (including phenoxy) is 1. The lowest BCUT2D eigenvalue weighted by Crippen LogP contribution is -2.39. The van der Waals surface area contributed by atoms with E-state index in [1.54, 1.807) is 13.1 Å². The molecule has 2 aromatic carbocycles. The minimum atomic E-state index is -0.379. The molecule has 142 valence electrons. The summed E-state index contributed by atoms with van der Waals surface area (Å²) in [7, 11) is 1.66. The Labute approximate surface area is 157 Å². The van der Waals surface area contributed by atoms with Crippen molar-refractivity contribution in [3.8, 4) is 5.75 Å². The van der Waals surface area contributed by atoms with Crippen LogP contribution in [0.1, 0.15) is 24.5 Å². The second-order valence-electron chi connectivity index (χ2n) is 6.41. The smallest absolute Gasteiger partial charge is 0.331 e. The van der Waals surface area contributed by atoms with Gasteiger partial charge in [-0.2, -0.15) is 0 Å². The van der Waals surface area contributed by atoms with E-state index in [0.29, 0.717) is 36.1 Å². The maximum Gasteiger partial charge on any atom is 0.331 e. The van der Waals surface area contributed by atoms with Crippen molar-refractivity contribution in [2.45, 2.75) is 26.3 Å². The molecular formula is C21H24N2O4. The Bertz CT molecular complexity index is 1050. The van der Waals surface area contributed by atoms with Gasteiger partial charge in [0, 0.05) is 32.2 Å². The number of aryl methyl sites for hydroxylation is 1. The zero-order chi connectivity index (χ0) is 19.4. The Morgan fingerprint density at radius 3 is 2.48 bits per heavy atom. The van der Waals surface area contributed by atoms with E-state index in [4.69, 9.17) is 9.84 Å². The molecule has 0 bridgehead atoms. The van der Waals surface area contributed by atoms with Gasteiger partial charge in [0.15, 0.2) is 0 Å². The van der Waals surface area contributed by atoms with Crippen molar-refractivity contribution in [3.63, 3.8) is 0 Å². The minimum absolute atomic E-state index is 0.0799. The third-order valence-electron chi connectivity index (χ3n) is 4.65. The first-order valence-electron chi connectivity index (χ1n) is 9.11. The van der Waals surface area contributed by atoms with Crippen molar-refractivity contribution in [1.29, 1.82) is 0 Å². The predicted octanol–water partition coefficient (Wildman–Crippen LogP) is 2.07. The SMILES string of the molecule is CCOc1ccc2c(c1Cc1ccccc1)c(=O)n(CCCO)c(=O)n2C. The van der Waals surface area contributed by atoms with Gasteiger partial charge >= 0.3 is 5.69 Å². The summed E-state index contributed by atoms with van der Waals surface area (Å²) < 4.78 is 8.47. The third-order valence-corrected chi connectivity index (χ3v) is 4.65. The molecule has 0 aliphatic carbocycles. The maximum absolute atomic E-state index is 13.2. The number of aromatic nitrogens is 2. The average Bonchev–Trinajstić information content (AvgIpc) is 2.68. The largest absolute Gasteiger partial charge is 0.494 e. The number of aliphatic hydroxyl groups is 1. The Balaban J connectivity index is 2.31. The lowest BCUT2D eigenvalue weighted by molar-refractivity contribution is 0.277. The number of fused-ring (bicyclic) bond motifs is 1. The fraction of sp³-hybridized carbons (Fsp3) is 0.333. The van der Waals surface area contributed by atoms with Gasteiger partial charge in [0.25, 0.3) is 5.56 Å². The van der Waals surface area contributed by atoms with E-state index in [1.165, 1.54) is 9.13 Å². The van der Waals surface area contributed by atoms with Gasteiger partial charge in [-0.05, 0) is 31.0 Å². The Kier molecular flexibility index (Phi) is 5.76. The molecule has 3 aromatic rings.